The monoisotopic (exact) mass is 404 g/mol. The quantitative estimate of drug-likeness (QED) is 0.713. The Labute approximate surface area is 172 Å². The van der Waals surface area contributed by atoms with E-state index in [1.165, 1.54) is 45.7 Å². The number of halogens is 1. The fourth-order valence-electron chi connectivity index (χ4n) is 4.74. The molecule has 1 saturated heterocycles. The van der Waals surface area contributed by atoms with E-state index in [0.717, 1.165) is 50.8 Å². The molecule has 2 aliphatic carbocycles. The van der Waals surface area contributed by atoms with Crippen molar-refractivity contribution in [2.75, 3.05) is 45.6 Å². The molecule has 7 heteroatoms. The van der Waals surface area contributed by atoms with Gasteiger partial charge in [0.1, 0.15) is 11.6 Å². The highest BCUT2D eigenvalue weighted by molar-refractivity contribution is 5.95. The van der Waals surface area contributed by atoms with Crippen LogP contribution in [0.2, 0.25) is 0 Å². The molecule has 4 rings (SSSR count). The second kappa shape index (κ2) is 8.88. The van der Waals surface area contributed by atoms with Gasteiger partial charge in [-0.3, -0.25) is 9.69 Å². The van der Waals surface area contributed by atoms with E-state index in [2.05, 4.69) is 15.1 Å². The van der Waals surface area contributed by atoms with E-state index in [1.807, 2.05) is 0 Å². The lowest BCUT2D eigenvalue weighted by Crippen LogP contribution is -2.52. The summed E-state index contributed by atoms with van der Waals surface area (Å²) in [5, 5.41) is 3.00. The van der Waals surface area contributed by atoms with Crippen molar-refractivity contribution in [3.05, 3.63) is 23.5 Å². The largest absolute Gasteiger partial charge is 0.495 e. The molecular formula is C22H33FN4O2. The molecule has 0 bridgehead atoms. The molecule has 0 spiro atoms. The van der Waals surface area contributed by atoms with Crippen LogP contribution in [0.1, 0.15) is 48.9 Å². The Kier molecular flexibility index (Phi) is 6.25. The summed E-state index contributed by atoms with van der Waals surface area (Å²) in [7, 11) is 1.46. The second-order valence-corrected chi connectivity index (χ2v) is 8.83. The molecule has 1 amide bonds. The highest BCUT2D eigenvalue weighted by atomic mass is 19.1. The smallest absolute Gasteiger partial charge is 0.254 e. The van der Waals surface area contributed by atoms with E-state index in [1.54, 1.807) is 0 Å². The minimum Gasteiger partial charge on any atom is -0.495 e. The number of nitrogens with one attached hydrogen (secondary N) is 1. The van der Waals surface area contributed by atoms with Gasteiger partial charge in [-0.05, 0) is 50.5 Å². The number of hydrogen-bond donors (Lipinski definition) is 2. The summed E-state index contributed by atoms with van der Waals surface area (Å²) >= 11 is 0. The van der Waals surface area contributed by atoms with Crippen LogP contribution in [-0.2, 0) is 0 Å². The lowest BCUT2D eigenvalue weighted by Gasteiger charge is -2.42. The average Bonchev–Trinajstić information content (AvgIpc) is 3.53. The zero-order chi connectivity index (χ0) is 20.4. The van der Waals surface area contributed by atoms with Gasteiger partial charge in [0.05, 0.1) is 18.4 Å². The Hall–Kier alpha value is -1.86. The van der Waals surface area contributed by atoms with Gasteiger partial charge < -0.3 is 20.7 Å². The molecule has 3 fully saturated rings. The molecule has 1 aliphatic heterocycles. The van der Waals surface area contributed by atoms with Gasteiger partial charge in [-0.1, -0.05) is 0 Å². The van der Waals surface area contributed by atoms with Crippen molar-refractivity contribution >= 4 is 11.6 Å². The SMILES string of the molecule is COc1cc(C(=O)N[C@H]2CC[C@H](N3CCN(CC4CC4)CC3)CC2)c(F)cc1N. The van der Waals surface area contributed by atoms with Crippen molar-refractivity contribution in [1.82, 2.24) is 15.1 Å². The van der Waals surface area contributed by atoms with Gasteiger partial charge in [0.2, 0.25) is 0 Å². The topological polar surface area (TPSA) is 70.8 Å². The summed E-state index contributed by atoms with van der Waals surface area (Å²) in [6.07, 6.45) is 6.88. The first-order valence-electron chi connectivity index (χ1n) is 10.9. The number of nitrogen functional groups attached to an aromatic ring is 1. The Morgan fingerprint density at radius 2 is 1.83 bits per heavy atom. The van der Waals surface area contributed by atoms with Crippen LogP contribution in [0.4, 0.5) is 10.1 Å². The molecule has 0 radical (unpaired) electrons. The van der Waals surface area contributed by atoms with Crippen molar-refractivity contribution in [2.45, 2.75) is 50.6 Å². The number of benzene rings is 1. The van der Waals surface area contributed by atoms with E-state index in [-0.39, 0.29) is 17.3 Å². The molecule has 1 aromatic carbocycles. The van der Waals surface area contributed by atoms with Crippen LogP contribution in [0.5, 0.6) is 5.75 Å². The predicted molar refractivity (Wildman–Crippen MR) is 112 cm³/mol. The minimum atomic E-state index is -0.612. The van der Waals surface area contributed by atoms with E-state index in [4.69, 9.17) is 10.5 Å². The lowest BCUT2D eigenvalue weighted by atomic mass is 9.89. The molecular weight excluding hydrogens is 371 g/mol. The van der Waals surface area contributed by atoms with Crippen LogP contribution >= 0.6 is 0 Å². The van der Waals surface area contributed by atoms with E-state index in [9.17, 15) is 9.18 Å². The molecule has 3 aliphatic rings. The molecule has 2 saturated carbocycles. The zero-order valence-electron chi connectivity index (χ0n) is 17.3. The standard InChI is InChI=1S/C22H33FN4O2/c1-29-21-12-18(19(23)13-20(21)24)22(28)25-16-4-6-17(7-5-16)27-10-8-26(9-11-27)14-15-2-3-15/h12-13,15-17H,2-11,14,24H2,1H3,(H,25,28)/t16-,17-. The maximum atomic E-state index is 14.2. The molecule has 0 atom stereocenters. The summed E-state index contributed by atoms with van der Waals surface area (Å²) < 4.78 is 19.3. The van der Waals surface area contributed by atoms with E-state index >= 15 is 0 Å². The number of hydrogen-bond acceptors (Lipinski definition) is 5. The number of ether oxygens (including phenoxy) is 1. The summed E-state index contributed by atoms with van der Waals surface area (Å²) in [6.45, 7) is 5.98. The minimum absolute atomic E-state index is 0.00930. The lowest BCUT2D eigenvalue weighted by molar-refractivity contribution is 0.0693. The van der Waals surface area contributed by atoms with Crippen LogP contribution in [0.3, 0.4) is 0 Å². The first-order valence-corrected chi connectivity index (χ1v) is 10.9. The summed E-state index contributed by atoms with van der Waals surface area (Å²) in [5.74, 6) is 0.282. The molecule has 160 valence electrons. The number of methoxy groups -OCH3 is 1. The number of nitrogens with zero attached hydrogens (tertiary/aromatic N) is 2. The number of carbonyl (C=O) groups is 1. The highest BCUT2D eigenvalue weighted by Crippen LogP contribution is 2.31. The van der Waals surface area contributed by atoms with Crippen molar-refractivity contribution < 1.29 is 13.9 Å². The zero-order valence-corrected chi connectivity index (χ0v) is 17.3. The van der Waals surface area contributed by atoms with Crippen molar-refractivity contribution in [2.24, 2.45) is 5.92 Å². The maximum Gasteiger partial charge on any atom is 0.254 e. The number of piperazine rings is 1. The normalized spacial score (nSPS) is 26.3. The Bertz CT molecular complexity index is 724. The van der Waals surface area contributed by atoms with Gasteiger partial charge in [0, 0.05) is 50.9 Å². The molecule has 29 heavy (non-hydrogen) atoms. The fraction of sp³-hybridized carbons (Fsp3) is 0.682. The van der Waals surface area contributed by atoms with Crippen molar-refractivity contribution in [3.63, 3.8) is 0 Å². The summed E-state index contributed by atoms with van der Waals surface area (Å²) in [4.78, 5) is 17.8. The number of amides is 1. The maximum absolute atomic E-state index is 14.2. The van der Waals surface area contributed by atoms with Crippen molar-refractivity contribution in [1.29, 1.82) is 0 Å². The fourth-order valence-corrected chi connectivity index (χ4v) is 4.74. The molecule has 3 N–H and O–H groups in total. The van der Waals surface area contributed by atoms with Gasteiger partial charge in [0.15, 0.2) is 0 Å². The summed E-state index contributed by atoms with van der Waals surface area (Å²) in [5.41, 5.74) is 5.89. The Morgan fingerprint density at radius 3 is 2.45 bits per heavy atom. The third kappa shape index (κ3) is 5.01. The van der Waals surface area contributed by atoms with Gasteiger partial charge in [0.25, 0.3) is 5.91 Å². The van der Waals surface area contributed by atoms with Gasteiger partial charge >= 0.3 is 0 Å². The highest BCUT2D eigenvalue weighted by Gasteiger charge is 2.31. The van der Waals surface area contributed by atoms with Crippen LogP contribution in [0, 0.1) is 11.7 Å². The van der Waals surface area contributed by atoms with Crippen LogP contribution in [-0.4, -0.2) is 67.6 Å². The number of carbonyl (C=O) groups excluding carboxylic acids is 1. The van der Waals surface area contributed by atoms with Crippen LogP contribution in [0.25, 0.3) is 0 Å². The van der Waals surface area contributed by atoms with E-state index < -0.39 is 11.7 Å². The second-order valence-electron chi connectivity index (χ2n) is 8.83. The Balaban J connectivity index is 1.24. The molecule has 0 aromatic heterocycles. The summed E-state index contributed by atoms with van der Waals surface area (Å²) in [6, 6.07) is 3.23. The number of nitrogens with two attached hydrogens (primary N) is 1. The van der Waals surface area contributed by atoms with Crippen LogP contribution in [0.15, 0.2) is 12.1 Å². The number of anilines is 1. The molecule has 1 heterocycles. The van der Waals surface area contributed by atoms with Crippen LogP contribution < -0.4 is 15.8 Å². The first-order chi connectivity index (χ1) is 14.0. The van der Waals surface area contributed by atoms with Crippen molar-refractivity contribution in [3.8, 4) is 5.75 Å². The van der Waals surface area contributed by atoms with Gasteiger partial charge in [-0.15, -0.1) is 0 Å². The third-order valence-electron chi connectivity index (χ3n) is 6.73. The third-order valence-corrected chi connectivity index (χ3v) is 6.73. The van der Waals surface area contributed by atoms with Gasteiger partial charge in [-0.2, -0.15) is 0 Å². The van der Waals surface area contributed by atoms with E-state index in [0.29, 0.717) is 11.8 Å². The first kappa shape index (κ1) is 20.4. The molecule has 0 unspecified atom stereocenters. The predicted octanol–water partition coefficient (Wildman–Crippen LogP) is 2.49. The Morgan fingerprint density at radius 1 is 1.14 bits per heavy atom. The molecule has 1 aromatic rings. The molecule has 6 nitrogen and oxygen atoms in total. The number of rotatable bonds is 6. The van der Waals surface area contributed by atoms with Gasteiger partial charge in [-0.25, -0.2) is 4.39 Å². The average molecular weight is 405 g/mol.